The summed E-state index contributed by atoms with van der Waals surface area (Å²) < 4.78 is 0. The number of fused-ring (bicyclic) bond motifs is 1. The maximum atomic E-state index is 11.8. The highest BCUT2D eigenvalue weighted by Gasteiger charge is 2.50. The van der Waals surface area contributed by atoms with Crippen LogP contribution in [0.4, 0.5) is 0 Å². The third kappa shape index (κ3) is 1.59. The zero-order valence-electron chi connectivity index (χ0n) is 8.76. The van der Waals surface area contributed by atoms with Crippen molar-refractivity contribution in [1.82, 2.24) is 4.90 Å². The van der Waals surface area contributed by atoms with Crippen molar-refractivity contribution >= 4 is 17.7 Å². The van der Waals surface area contributed by atoms with Crippen molar-refractivity contribution in [2.75, 3.05) is 6.54 Å². The van der Waals surface area contributed by atoms with E-state index in [-0.39, 0.29) is 30.2 Å². The number of carbonyl (C=O) groups excluding carboxylic acids is 3. The van der Waals surface area contributed by atoms with Crippen LogP contribution in [0, 0.1) is 11.8 Å². The normalized spacial score (nSPS) is 30.7. The van der Waals surface area contributed by atoms with Crippen LogP contribution in [0.3, 0.4) is 0 Å². The Hall–Kier alpha value is -1.43. The van der Waals surface area contributed by atoms with Crippen LogP contribution in [-0.4, -0.2) is 40.4 Å². The van der Waals surface area contributed by atoms with E-state index in [1.54, 1.807) is 0 Å². The van der Waals surface area contributed by atoms with Crippen molar-refractivity contribution in [3.63, 3.8) is 0 Å². The smallest absolute Gasteiger partial charge is 0.248 e. The van der Waals surface area contributed by atoms with Gasteiger partial charge in [-0.1, -0.05) is 6.42 Å². The lowest BCUT2D eigenvalue weighted by Gasteiger charge is -2.17. The van der Waals surface area contributed by atoms with E-state index in [2.05, 4.69) is 0 Å². The molecule has 0 aromatic heterocycles. The summed E-state index contributed by atoms with van der Waals surface area (Å²) >= 11 is 0. The van der Waals surface area contributed by atoms with Crippen molar-refractivity contribution in [1.29, 1.82) is 0 Å². The molecule has 0 spiro atoms. The third-order valence-electron chi connectivity index (χ3n) is 3.37. The third-order valence-corrected chi connectivity index (χ3v) is 3.37. The fourth-order valence-corrected chi connectivity index (χ4v) is 2.50. The summed E-state index contributed by atoms with van der Waals surface area (Å²) in [6, 6.07) is 0. The predicted octanol–water partition coefficient (Wildman–Crippen LogP) is -1.38. The van der Waals surface area contributed by atoms with Crippen LogP contribution in [0.15, 0.2) is 0 Å². The Balaban J connectivity index is 2.09. The number of hydrogen-bond donors (Lipinski definition) is 2. The van der Waals surface area contributed by atoms with Crippen LogP contribution in [0.2, 0.25) is 0 Å². The SMILES string of the molecule is NC(=O)C(O)CN1C(=O)C2CCCC2C1=O. The Labute approximate surface area is 92.4 Å². The molecule has 2 fully saturated rings. The van der Waals surface area contributed by atoms with Crippen LogP contribution in [0.25, 0.3) is 0 Å². The van der Waals surface area contributed by atoms with Gasteiger partial charge in [0, 0.05) is 0 Å². The van der Waals surface area contributed by atoms with Gasteiger partial charge < -0.3 is 10.8 Å². The number of imide groups is 1. The lowest BCUT2D eigenvalue weighted by atomic mass is 10.00. The number of aliphatic hydroxyl groups excluding tert-OH is 1. The summed E-state index contributed by atoms with van der Waals surface area (Å²) in [5, 5.41) is 9.27. The number of aliphatic hydroxyl groups is 1. The molecule has 1 saturated carbocycles. The first-order chi connectivity index (χ1) is 7.52. The van der Waals surface area contributed by atoms with Gasteiger partial charge in [0.15, 0.2) is 6.10 Å². The quantitative estimate of drug-likeness (QED) is 0.579. The van der Waals surface area contributed by atoms with Gasteiger partial charge in [-0.05, 0) is 12.8 Å². The number of amides is 3. The van der Waals surface area contributed by atoms with Gasteiger partial charge in [0.05, 0.1) is 18.4 Å². The van der Waals surface area contributed by atoms with Crippen LogP contribution in [0.5, 0.6) is 0 Å². The molecule has 3 amide bonds. The van der Waals surface area contributed by atoms with E-state index in [1.165, 1.54) is 0 Å². The minimum Gasteiger partial charge on any atom is -0.381 e. The Morgan fingerprint density at radius 3 is 2.31 bits per heavy atom. The summed E-state index contributed by atoms with van der Waals surface area (Å²) in [4.78, 5) is 35.2. The van der Waals surface area contributed by atoms with Gasteiger partial charge in [-0.15, -0.1) is 0 Å². The molecule has 0 radical (unpaired) electrons. The number of β-amino-alcohol motifs (C(OH)–C–C–N with tert-alkyl or cyclic N) is 1. The molecule has 1 saturated heterocycles. The van der Waals surface area contributed by atoms with Crippen molar-refractivity contribution in [2.24, 2.45) is 17.6 Å². The second-order valence-corrected chi connectivity index (χ2v) is 4.35. The number of nitrogens with zero attached hydrogens (tertiary/aromatic N) is 1. The molecule has 2 rings (SSSR count). The van der Waals surface area contributed by atoms with Crippen molar-refractivity contribution < 1.29 is 19.5 Å². The van der Waals surface area contributed by atoms with Crippen molar-refractivity contribution in [3.8, 4) is 0 Å². The molecule has 6 heteroatoms. The first-order valence-electron chi connectivity index (χ1n) is 5.35. The molecule has 1 heterocycles. The minimum absolute atomic E-state index is 0.243. The first-order valence-corrected chi connectivity index (χ1v) is 5.35. The van der Waals surface area contributed by atoms with Crippen LogP contribution in [0.1, 0.15) is 19.3 Å². The molecular formula is C10H14N2O4. The van der Waals surface area contributed by atoms with Gasteiger partial charge in [-0.2, -0.15) is 0 Å². The monoisotopic (exact) mass is 226 g/mol. The van der Waals surface area contributed by atoms with Crippen molar-refractivity contribution in [3.05, 3.63) is 0 Å². The first kappa shape index (κ1) is 11.1. The number of hydrogen-bond acceptors (Lipinski definition) is 4. The second-order valence-electron chi connectivity index (χ2n) is 4.35. The summed E-state index contributed by atoms with van der Waals surface area (Å²) in [6.45, 7) is -0.306. The molecule has 2 aliphatic rings. The largest absolute Gasteiger partial charge is 0.381 e. The van der Waals surface area contributed by atoms with Gasteiger partial charge in [-0.25, -0.2) is 0 Å². The Morgan fingerprint density at radius 1 is 1.38 bits per heavy atom. The summed E-state index contributed by atoms with van der Waals surface area (Å²) in [6.07, 6.45) is 0.863. The van der Waals surface area contributed by atoms with Crippen molar-refractivity contribution in [2.45, 2.75) is 25.4 Å². The zero-order chi connectivity index (χ0) is 11.9. The fraction of sp³-hybridized carbons (Fsp3) is 0.700. The van der Waals surface area contributed by atoms with E-state index in [1.807, 2.05) is 0 Å². The molecule has 6 nitrogen and oxygen atoms in total. The molecular weight excluding hydrogens is 212 g/mol. The van der Waals surface area contributed by atoms with E-state index in [9.17, 15) is 19.5 Å². The Kier molecular flexibility index (Phi) is 2.67. The van der Waals surface area contributed by atoms with Gasteiger partial charge in [0.2, 0.25) is 17.7 Å². The van der Waals surface area contributed by atoms with Gasteiger partial charge in [0.1, 0.15) is 0 Å². The zero-order valence-corrected chi connectivity index (χ0v) is 8.76. The molecule has 88 valence electrons. The van der Waals surface area contributed by atoms with Gasteiger partial charge in [-0.3, -0.25) is 19.3 Å². The van der Waals surface area contributed by atoms with Crippen LogP contribution < -0.4 is 5.73 Å². The molecule has 0 bridgehead atoms. The predicted molar refractivity (Wildman–Crippen MR) is 52.8 cm³/mol. The van der Waals surface area contributed by atoms with E-state index in [4.69, 9.17) is 5.73 Å². The molecule has 1 aliphatic heterocycles. The Morgan fingerprint density at radius 2 is 1.88 bits per heavy atom. The second kappa shape index (κ2) is 3.86. The fourth-order valence-electron chi connectivity index (χ4n) is 2.50. The molecule has 1 aliphatic carbocycles. The average Bonchev–Trinajstić information content (AvgIpc) is 2.78. The molecule has 3 atom stereocenters. The summed E-state index contributed by atoms with van der Waals surface area (Å²) in [7, 11) is 0. The maximum Gasteiger partial charge on any atom is 0.248 e. The Bertz CT molecular complexity index is 333. The average molecular weight is 226 g/mol. The van der Waals surface area contributed by atoms with E-state index < -0.39 is 12.0 Å². The van der Waals surface area contributed by atoms with E-state index >= 15 is 0 Å². The molecule has 0 aromatic carbocycles. The lowest BCUT2D eigenvalue weighted by Crippen LogP contribution is -2.43. The minimum atomic E-state index is -1.47. The molecule has 16 heavy (non-hydrogen) atoms. The highest BCUT2D eigenvalue weighted by atomic mass is 16.3. The van der Waals surface area contributed by atoms with Crippen LogP contribution in [-0.2, 0) is 14.4 Å². The number of likely N-dealkylation sites (tertiary alicyclic amines) is 1. The van der Waals surface area contributed by atoms with Crippen LogP contribution >= 0.6 is 0 Å². The number of carbonyl (C=O) groups is 3. The molecule has 3 N–H and O–H groups in total. The van der Waals surface area contributed by atoms with E-state index in [0.29, 0.717) is 0 Å². The number of primary amides is 1. The topological polar surface area (TPSA) is 101 Å². The van der Waals surface area contributed by atoms with Gasteiger partial charge in [0.25, 0.3) is 0 Å². The highest BCUT2D eigenvalue weighted by molar-refractivity contribution is 6.05. The van der Waals surface area contributed by atoms with E-state index in [0.717, 1.165) is 24.2 Å². The summed E-state index contributed by atoms with van der Waals surface area (Å²) in [5.41, 5.74) is 4.88. The maximum absolute atomic E-state index is 11.8. The van der Waals surface area contributed by atoms with Gasteiger partial charge >= 0.3 is 0 Å². The lowest BCUT2D eigenvalue weighted by molar-refractivity contribution is -0.143. The number of nitrogens with two attached hydrogens (primary N) is 1. The standard InChI is InChI=1S/C10H14N2O4/c11-8(14)7(13)4-12-9(15)5-2-1-3-6(5)10(12)16/h5-7,13H,1-4H2,(H2,11,14). The highest BCUT2D eigenvalue weighted by Crippen LogP contribution is 2.39. The molecule has 3 unspecified atom stereocenters. The molecule has 0 aromatic rings. The number of rotatable bonds is 3. The summed E-state index contributed by atoms with van der Waals surface area (Å²) in [5.74, 6) is -1.95.